The molecule has 1 aromatic heterocycles. The van der Waals surface area contributed by atoms with Gasteiger partial charge in [-0.05, 0) is 42.5 Å². The molecule has 0 aliphatic carbocycles. The molecule has 1 aromatic carbocycles. The van der Waals surface area contributed by atoms with Crippen LogP contribution >= 0.6 is 11.3 Å². The van der Waals surface area contributed by atoms with E-state index in [4.69, 9.17) is 4.74 Å². The maximum atomic E-state index is 12.5. The van der Waals surface area contributed by atoms with Gasteiger partial charge in [0.25, 0.3) is 5.91 Å². The fourth-order valence-electron chi connectivity index (χ4n) is 3.78. The molecule has 2 atom stereocenters. The molecule has 0 radical (unpaired) electrons. The minimum atomic E-state index is -0.173. The van der Waals surface area contributed by atoms with Crippen LogP contribution in [0, 0.1) is 6.92 Å². The standard InChI is InChI=1S/C19H22N2O2S/c1-14-3-2-4-16(9-14)20-17-10-19(23-11-17)6-7-21(13-19)18(22)15-5-8-24-12-15/h2-5,8-9,12,17,20H,6-7,10-11,13H2,1H3/t17-,19-/m0/s1. The van der Waals surface area contributed by atoms with Gasteiger partial charge in [-0.15, -0.1) is 0 Å². The number of aryl methyl sites for hydroxylation is 1. The van der Waals surface area contributed by atoms with Crippen LogP contribution in [0.25, 0.3) is 0 Å². The SMILES string of the molecule is Cc1cccc(N[C@@H]2CO[C@@]3(CCN(C(=O)c4ccsc4)C3)C2)c1. The molecule has 4 rings (SSSR count). The van der Waals surface area contributed by atoms with Gasteiger partial charge in [-0.3, -0.25) is 4.79 Å². The fourth-order valence-corrected chi connectivity index (χ4v) is 4.41. The van der Waals surface area contributed by atoms with Crippen LogP contribution in [-0.2, 0) is 4.74 Å². The van der Waals surface area contributed by atoms with Gasteiger partial charge in [-0.1, -0.05) is 12.1 Å². The zero-order valence-electron chi connectivity index (χ0n) is 13.8. The third-order valence-corrected chi connectivity index (χ3v) is 5.65. The van der Waals surface area contributed by atoms with Gasteiger partial charge < -0.3 is 15.0 Å². The topological polar surface area (TPSA) is 41.6 Å². The molecule has 0 saturated carbocycles. The summed E-state index contributed by atoms with van der Waals surface area (Å²) in [6, 6.07) is 10.6. The van der Waals surface area contributed by atoms with Gasteiger partial charge in [-0.25, -0.2) is 0 Å². The minimum Gasteiger partial charge on any atom is -0.380 e. The van der Waals surface area contributed by atoms with E-state index in [1.165, 1.54) is 5.56 Å². The second-order valence-corrected chi connectivity index (χ2v) is 7.68. The molecule has 3 heterocycles. The number of nitrogens with zero attached hydrogens (tertiary/aromatic N) is 1. The number of ether oxygens (including phenoxy) is 1. The highest BCUT2D eigenvalue weighted by molar-refractivity contribution is 7.08. The van der Waals surface area contributed by atoms with Crippen LogP contribution < -0.4 is 5.32 Å². The monoisotopic (exact) mass is 342 g/mol. The van der Waals surface area contributed by atoms with Crippen molar-refractivity contribution >= 4 is 22.9 Å². The Morgan fingerprint density at radius 1 is 1.42 bits per heavy atom. The van der Waals surface area contributed by atoms with Crippen molar-refractivity contribution in [1.29, 1.82) is 0 Å². The third kappa shape index (κ3) is 3.06. The molecular formula is C19H22N2O2S. The van der Waals surface area contributed by atoms with Crippen LogP contribution in [0.4, 0.5) is 5.69 Å². The number of hydrogen-bond acceptors (Lipinski definition) is 4. The van der Waals surface area contributed by atoms with E-state index in [0.29, 0.717) is 19.2 Å². The van der Waals surface area contributed by atoms with E-state index in [0.717, 1.165) is 30.6 Å². The molecule has 0 unspecified atom stereocenters. The molecule has 0 bridgehead atoms. The summed E-state index contributed by atoms with van der Waals surface area (Å²) in [7, 11) is 0. The van der Waals surface area contributed by atoms with Crippen LogP contribution in [0.3, 0.4) is 0 Å². The Bertz CT molecular complexity index is 731. The maximum Gasteiger partial charge on any atom is 0.254 e. The highest BCUT2D eigenvalue weighted by Gasteiger charge is 2.46. The predicted molar refractivity (Wildman–Crippen MR) is 96.7 cm³/mol. The molecule has 1 spiro atoms. The molecule has 2 saturated heterocycles. The zero-order chi connectivity index (χ0) is 16.6. The molecule has 2 aliphatic heterocycles. The summed E-state index contributed by atoms with van der Waals surface area (Å²) in [6.07, 6.45) is 1.88. The number of carbonyl (C=O) groups excluding carboxylic acids is 1. The average Bonchev–Trinajstić information content (AvgIpc) is 3.30. The lowest BCUT2D eigenvalue weighted by Crippen LogP contribution is -2.36. The van der Waals surface area contributed by atoms with Crippen molar-refractivity contribution in [2.45, 2.75) is 31.4 Å². The molecule has 1 N–H and O–H groups in total. The molecule has 2 aromatic rings. The lowest BCUT2D eigenvalue weighted by Gasteiger charge is -2.23. The van der Waals surface area contributed by atoms with E-state index in [1.54, 1.807) is 11.3 Å². The van der Waals surface area contributed by atoms with E-state index >= 15 is 0 Å². The van der Waals surface area contributed by atoms with Crippen molar-refractivity contribution in [3.63, 3.8) is 0 Å². The van der Waals surface area contributed by atoms with Crippen LogP contribution in [-0.4, -0.2) is 42.1 Å². The number of hydrogen-bond donors (Lipinski definition) is 1. The Morgan fingerprint density at radius 2 is 2.33 bits per heavy atom. The number of rotatable bonds is 3. The van der Waals surface area contributed by atoms with Crippen molar-refractivity contribution in [1.82, 2.24) is 4.90 Å². The van der Waals surface area contributed by atoms with E-state index in [2.05, 4.69) is 36.5 Å². The van der Waals surface area contributed by atoms with Gasteiger partial charge in [-0.2, -0.15) is 11.3 Å². The van der Waals surface area contributed by atoms with Crippen molar-refractivity contribution < 1.29 is 9.53 Å². The van der Waals surface area contributed by atoms with Crippen molar-refractivity contribution in [2.75, 3.05) is 25.0 Å². The molecule has 24 heavy (non-hydrogen) atoms. The quantitative estimate of drug-likeness (QED) is 0.927. The molecule has 4 nitrogen and oxygen atoms in total. The van der Waals surface area contributed by atoms with E-state index in [-0.39, 0.29) is 11.5 Å². The number of benzene rings is 1. The normalized spacial score (nSPS) is 26.2. The first-order valence-corrected chi connectivity index (χ1v) is 9.37. The largest absolute Gasteiger partial charge is 0.380 e. The summed E-state index contributed by atoms with van der Waals surface area (Å²) in [5.41, 5.74) is 3.02. The van der Waals surface area contributed by atoms with E-state index < -0.39 is 0 Å². The zero-order valence-corrected chi connectivity index (χ0v) is 14.6. The average molecular weight is 342 g/mol. The van der Waals surface area contributed by atoms with Gasteiger partial charge in [0.2, 0.25) is 0 Å². The smallest absolute Gasteiger partial charge is 0.254 e. The van der Waals surface area contributed by atoms with Gasteiger partial charge in [0.05, 0.1) is 30.4 Å². The first-order chi connectivity index (χ1) is 11.6. The molecule has 2 aliphatic rings. The maximum absolute atomic E-state index is 12.5. The van der Waals surface area contributed by atoms with E-state index in [1.807, 2.05) is 21.7 Å². The molecule has 5 heteroatoms. The highest BCUT2D eigenvalue weighted by atomic mass is 32.1. The Labute approximate surface area is 146 Å². The second-order valence-electron chi connectivity index (χ2n) is 6.90. The summed E-state index contributed by atoms with van der Waals surface area (Å²) in [6.45, 7) is 4.29. The molecule has 1 amide bonds. The van der Waals surface area contributed by atoms with Gasteiger partial charge in [0, 0.05) is 24.0 Å². The highest BCUT2D eigenvalue weighted by Crippen LogP contribution is 2.36. The summed E-state index contributed by atoms with van der Waals surface area (Å²) in [5.74, 6) is 0.131. The second kappa shape index (κ2) is 6.22. The van der Waals surface area contributed by atoms with Crippen LogP contribution in [0.1, 0.15) is 28.8 Å². The lowest BCUT2D eigenvalue weighted by atomic mass is 9.97. The van der Waals surface area contributed by atoms with Crippen molar-refractivity contribution in [3.05, 3.63) is 52.2 Å². The fraction of sp³-hybridized carbons (Fsp3) is 0.421. The number of amides is 1. The summed E-state index contributed by atoms with van der Waals surface area (Å²) >= 11 is 1.56. The third-order valence-electron chi connectivity index (χ3n) is 4.97. The number of nitrogens with one attached hydrogen (secondary N) is 1. The molecular weight excluding hydrogens is 320 g/mol. The Kier molecular flexibility index (Phi) is 4.06. The van der Waals surface area contributed by atoms with Crippen molar-refractivity contribution in [3.8, 4) is 0 Å². The summed E-state index contributed by atoms with van der Waals surface area (Å²) in [5, 5.41) is 7.45. The number of thiophene rings is 1. The Morgan fingerprint density at radius 3 is 3.12 bits per heavy atom. The number of carbonyl (C=O) groups is 1. The lowest BCUT2D eigenvalue weighted by molar-refractivity contribution is 0.0125. The van der Waals surface area contributed by atoms with Crippen molar-refractivity contribution in [2.24, 2.45) is 0 Å². The van der Waals surface area contributed by atoms with Crippen LogP contribution in [0.2, 0.25) is 0 Å². The first-order valence-electron chi connectivity index (χ1n) is 8.42. The number of likely N-dealkylation sites (tertiary alicyclic amines) is 1. The summed E-state index contributed by atoms with van der Waals surface area (Å²) < 4.78 is 6.16. The van der Waals surface area contributed by atoms with Crippen LogP contribution in [0.5, 0.6) is 0 Å². The van der Waals surface area contributed by atoms with Gasteiger partial charge >= 0.3 is 0 Å². The van der Waals surface area contributed by atoms with E-state index in [9.17, 15) is 4.79 Å². The first kappa shape index (κ1) is 15.7. The van der Waals surface area contributed by atoms with Gasteiger partial charge in [0.15, 0.2) is 0 Å². The van der Waals surface area contributed by atoms with Crippen LogP contribution in [0.15, 0.2) is 41.1 Å². The van der Waals surface area contributed by atoms with Gasteiger partial charge in [0.1, 0.15) is 0 Å². The number of anilines is 1. The Hall–Kier alpha value is -1.85. The summed E-state index contributed by atoms with van der Waals surface area (Å²) in [4.78, 5) is 14.5. The molecule has 126 valence electrons. The Balaban J connectivity index is 1.39. The molecule has 2 fully saturated rings. The minimum absolute atomic E-state index is 0.131. The predicted octanol–water partition coefficient (Wildman–Crippen LogP) is 3.54.